The number of carboxylic acids is 1. The molecule has 15 heavy (non-hydrogen) atoms. The normalized spacial score (nSPS) is 10.7. The summed E-state index contributed by atoms with van der Waals surface area (Å²) in [5.74, 6) is -1.000. The van der Waals surface area contributed by atoms with E-state index in [2.05, 4.69) is 0 Å². The zero-order chi connectivity index (χ0) is 10.6. The molecule has 1 aromatic carbocycles. The van der Waals surface area contributed by atoms with Crippen molar-refractivity contribution < 1.29 is 9.90 Å². The lowest BCUT2D eigenvalue weighted by atomic mass is 10.1. The van der Waals surface area contributed by atoms with E-state index in [1.807, 2.05) is 0 Å². The first-order valence-electron chi connectivity index (χ1n) is 4.03. The number of rotatable bonds is 3. The van der Waals surface area contributed by atoms with E-state index in [0.717, 1.165) is 11.6 Å². The Hall–Kier alpha value is -1.03. The molecule has 1 aromatic rings. The van der Waals surface area contributed by atoms with Crippen LogP contribution in [-0.2, 0) is 4.79 Å². The van der Waals surface area contributed by atoms with E-state index in [1.165, 1.54) is 0 Å². The van der Waals surface area contributed by atoms with Gasteiger partial charge in [-0.1, -0.05) is 23.7 Å². The maximum atomic E-state index is 10.5. The summed E-state index contributed by atoms with van der Waals surface area (Å²) in [6.07, 6.45) is 1.10. The molecule has 0 heterocycles. The first-order valence-corrected chi connectivity index (χ1v) is 4.41. The first kappa shape index (κ1) is 14.0. The van der Waals surface area contributed by atoms with Crippen LogP contribution < -0.4 is 5.73 Å². The number of benzene rings is 1. The SMILES string of the molecule is Cl.NC/C(=C/C(=O)O)c1ccc(Cl)cc1. The largest absolute Gasteiger partial charge is 0.478 e. The summed E-state index contributed by atoms with van der Waals surface area (Å²) < 4.78 is 0. The van der Waals surface area contributed by atoms with Crippen molar-refractivity contribution in [2.75, 3.05) is 6.54 Å². The van der Waals surface area contributed by atoms with Crippen LogP contribution in [0, 0.1) is 0 Å². The summed E-state index contributed by atoms with van der Waals surface area (Å²) in [4.78, 5) is 10.5. The van der Waals surface area contributed by atoms with Gasteiger partial charge in [-0.2, -0.15) is 0 Å². The Kier molecular flexibility index (Phi) is 6.01. The molecular weight excluding hydrogens is 237 g/mol. The van der Waals surface area contributed by atoms with Gasteiger partial charge < -0.3 is 10.8 Å². The standard InChI is InChI=1S/C10H10ClNO2.ClH/c11-9-3-1-7(2-4-9)8(6-12)5-10(13)14;/h1-5H,6,12H2,(H,13,14);1H/b8-5-;. The molecule has 0 aromatic heterocycles. The molecular formula is C10H11Cl2NO2. The van der Waals surface area contributed by atoms with Gasteiger partial charge in [-0.25, -0.2) is 4.79 Å². The quantitative estimate of drug-likeness (QED) is 0.806. The molecule has 0 unspecified atom stereocenters. The Labute approximate surface area is 99.0 Å². The second kappa shape index (κ2) is 6.45. The van der Waals surface area contributed by atoms with Crippen molar-refractivity contribution in [3.8, 4) is 0 Å². The van der Waals surface area contributed by atoms with Gasteiger partial charge in [0.1, 0.15) is 0 Å². The monoisotopic (exact) mass is 247 g/mol. The van der Waals surface area contributed by atoms with Gasteiger partial charge in [-0.15, -0.1) is 12.4 Å². The summed E-state index contributed by atoms with van der Waals surface area (Å²) in [7, 11) is 0. The third-order valence-corrected chi connectivity index (χ3v) is 1.98. The fourth-order valence-electron chi connectivity index (χ4n) is 1.07. The van der Waals surface area contributed by atoms with Crippen LogP contribution in [0.25, 0.3) is 5.57 Å². The van der Waals surface area contributed by atoms with Crippen molar-refractivity contribution in [1.82, 2.24) is 0 Å². The first-order chi connectivity index (χ1) is 6.63. The lowest BCUT2D eigenvalue weighted by Crippen LogP contribution is -2.04. The van der Waals surface area contributed by atoms with Gasteiger partial charge in [0.15, 0.2) is 0 Å². The molecule has 82 valence electrons. The van der Waals surface area contributed by atoms with Crippen molar-refractivity contribution in [3.63, 3.8) is 0 Å². The van der Waals surface area contributed by atoms with Crippen molar-refractivity contribution in [3.05, 3.63) is 40.9 Å². The van der Waals surface area contributed by atoms with E-state index in [1.54, 1.807) is 24.3 Å². The van der Waals surface area contributed by atoms with E-state index >= 15 is 0 Å². The second-order valence-corrected chi connectivity index (χ2v) is 3.16. The molecule has 3 N–H and O–H groups in total. The molecule has 0 atom stereocenters. The third kappa shape index (κ3) is 4.34. The molecule has 0 aliphatic rings. The maximum absolute atomic E-state index is 10.5. The van der Waals surface area contributed by atoms with Crippen LogP contribution in [0.2, 0.25) is 5.02 Å². The van der Waals surface area contributed by atoms with Gasteiger partial charge in [0.2, 0.25) is 0 Å². The highest BCUT2D eigenvalue weighted by molar-refractivity contribution is 6.30. The highest BCUT2D eigenvalue weighted by Crippen LogP contribution is 2.16. The Morgan fingerprint density at radius 1 is 1.40 bits per heavy atom. The Balaban J connectivity index is 0.00000196. The molecule has 5 heteroatoms. The average Bonchev–Trinajstić information content (AvgIpc) is 2.15. The predicted molar refractivity (Wildman–Crippen MR) is 63.4 cm³/mol. The van der Waals surface area contributed by atoms with Crippen LogP contribution in [0.3, 0.4) is 0 Å². The van der Waals surface area contributed by atoms with Gasteiger partial charge in [0, 0.05) is 17.6 Å². The Morgan fingerprint density at radius 2 is 1.93 bits per heavy atom. The molecule has 0 amide bonds. The number of halogens is 2. The van der Waals surface area contributed by atoms with Crippen LogP contribution in [-0.4, -0.2) is 17.6 Å². The van der Waals surface area contributed by atoms with Gasteiger partial charge in [0.25, 0.3) is 0 Å². The topological polar surface area (TPSA) is 63.3 Å². The minimum absolute atomic E-state index is 0. The fourth-order valence-corrected chi connectivity index (χ4v) is 1.20. The van der Waals surface area contributed by atoms with E-state index in [-0.39, 0.29) is 19.0 Å². The Morgan fingerprint density at radius 3 is 2.33 bits per heavy atom. The van der Waals surface area contributed by atoms with Crippen molar-refractivity contribution in [1.29, 1.82) is 0 Å². The smallest absolute Gasteiger partial charge is 0.328 e. The van der Waals surface area contributed by atoms with Crippen LogP contribution in [0.15, 0.2) is 30.3 Å². The molecule has 0 radical (unpaired) electrons. The summed E-state index contributed by atoms with van der Waals surface area (Å²) >= 11 is 5.70. The number of carboxylic acid groups (broad SMARTS) is 1. The lowest BCUT2D eigenvalue weighted by Gasteiger charge is -2.03. The molecule has 1 rings (SSSR count). The molecule has 0 aliphatic carbocycles. The highest BCUT2D eigenvalue weighted by atomic mass is 35.5. The van der Waals surface area contributed by atoms with E-state index < -0.39 is 5.97 Å². The molecule has 0 spiro atoms. The minimum Gasteiger partial charge on any atom is -0.478 e. The summed E-state index contributed by atoms with van der Waals surface area (Å²) in [5, 5.41) is 9.18. The molecule has 0 fully saturated rings. The van der Waals surface area contributed by atoms with Gasteiger partial charge in [-0.05, 0) is 23.3 Å². The summed E-state index contributed by atoms with van der Waals surface area (Å²) in [6.45, 7) is 0.188. The number of aliphatic carboxylic acids is 1. The van der Waals surface area contributed by atoms with Gasteiger partial charge in [-0.3, -0.25) is 0 Å². The van der Waals surface area contributed by atoms with Crippen molar-refractivity contribution >= 4 is 35.6 Å². The molecule has 3 nitrogen and oxygen atoms in total. The molecule has 0 saturated carbocycles. The molecule has 0 aliphatic heterocycles. The van der Waals surface area contributed by atoms with Crippen LogP contribution in [0.4, 0.5) is 0 Å². The molecule has 0 saturated heterocycles. The number of hydrogen-bond acceptors (Lipinski definition) is 2. The van der Waals surface area contributed by atoms with Crippen molar-refractivity contribution in [2.45, 2.75) is 0 Å². The zero-order valence-corrected chi connectivity index (χ0v) is 9.39. The van der Waals surface area contributed by atoms with E-state index in [9.17, 15) is 4.79 Å². The van der Waals surface area contributed by atoms with Crippen molar-refractivity contribution in [2.24, 2.45) is 5.73 Å². The van der Waals surface area contributed by atoms with Gasteiger partial charge in [0.05, 0.1) is 0 Å². The van der Waals surface area contributed by atoms with Crippen LogP contribution >= 0.6 is 24.0 Å². The average molecular weight is 248 g/mol. The Bertz CT molecular complexity index is 360. The maximum Gasteiger partial charge on any atom is 0.328 e. The number of hydrogen-bond donors (Lipinski definition) is 2. The predicted octanol–water partition coefficient (Wildman–Crippen LogP) is 2.19. The van der Waals surface area contributed by atoms with Crippen LogP contribution in [0.5, 0.6) is 0 Å². The number of carbonyl (C=O) groups is 1. The van der Waals surface area contributed by atoms with E-state index in [4.69, 9.17) is 22.4 Å². The number of nitrogens with two attached hydrogens (primary N) is 1. The zero-order valence-electron chi connectivity index (χ0n) is 7.81. The molecule has 0 bridgehead atoms. The summed E-state index contributed by atoms with van der Waals surface area (Å²) in [6, 6.07) is 6.87. The highest BCUT2D eigenvalue weighted by Gasteiger charge is 2.01. The second-order valence-electron chi connectivity index (χ2n) is 2.72. The van der Waals surface area contributed by atoms with E-state index in [0.29, 0.717) is 10.6 Å². The fraction of sp³-hybridized carbons (Fsp3) is 0.100. The lowest BCUT2D eigenvalue weighted by molar-refractivity contribution is -0.131. The summed E-state index contributed by atoms with van der Waals surface area (Å²) in [5.41, 5.74) is 6.78. The third-order valence-electron chi connectivity index (χ3n) is 1.73. The van der Waals surface area contributed by atoms with Gasteiger partial charge >= 0.3 is 5.97 Å². The minimum atomic E-state index is -1.000. The van der Waals surface area contributed by atoms with Crippen LogP contribution in [0.1, 0.15) is 5.56 Å².